The second-order valence-electron chi connectivity index (χ2n) is 2.17. The van der Waals surface area contributed by atoms with Gasteiger partial charge in [-0.25, -0.2) is 8.42 Å². The van der Waals surface area contributed by atoms with Crippen LogP contribution in [0, 0.1) is 0 Å². The van der Waals surface area contributed by atoms with Crippen LogP contribution in [0.25, 0.3) is 0 Å². The fraction of sp³-hybridized carbons (Fsp3) is 1.00. The lowest BCUT2D eigenvalue weighted by Gasteiger charge is -2.02. The number of sulfone groups is 1. The fourth-order valence-electron chi connectivity index (χ4n) is 0.810. The Morgan fingerprint density at radius 2 is 2.11 bits per heavy atom. The van der Waals surface area contributed by atoms with Crippen LogP contribution in [0.3, 0.4) is 0 Å². The van der Waals surface area contributed by atoms with Crippen molar-refractivity contribution in [3.8, 4) is 0 Å². The Balaban J connectivity index is 2.87. The molecule has 1 aliphatic heterocycles. The third kappa shape index (κ3) is 1.20. The van der Waals surface area contributed by atoms with Crippen LogP contribution >= 0.6 is 11.6 Å². The van der Waals surface area contributed by atoms with Crippen molar-refractivity contribution < 1.29 is 8.42 Å². The van der Waals surface area contributed by atoms with E-state index in [0.29, 0.717) is 6.42 Å². The molecular weight excluding hydrogens is 162 g/mol. The Kier molecular flexibility index (Phi) is 1.71. The summed E-state index contributed by atoms with van der Waals surface area (Å²) in [5, 5.41) is 0. The normalized spacial score (nSPS) is 41.1. The first-order valence-corrected chi connectivity index (χ1v) is 4.80. The van der Waals surface area contributed by atoms with Gasteiger partial charge in [0.05, 0.1) is 5.75 Å². The van der Waals surface area contributed by atoms with Crippen molar-refractivity contribution in [3.63, 3.8) is 0 Å². The number of hydrogen-bond donors (Lipinski definition) is 1. The Morgan fingerprint density at radius 3 is 2.22 bits per heavy atom. The smallest absolute Gasteiger partial charge is 0.168 e. The van der Waals surface area contributed by atoms with E-state index in [9.17, 15) is 8.42 Å². The predicted octanol–water partition coefficient (Wildman–Crippen LogP) is -0.303. The Morgan fingerprint density at radius 1 is 1.56 bits per heavy atom. The second kappa shape index (κ2) is 2.11. The molecule has 54 valence electrons. The highest BCUT2D eigenvalue weighted by molar-refractivity contribution is 7.93. The molecule has 5 heteroatoms. The van der Waals surface area contributed by atoms with Gasteiger partial charge < -0.3 is 5.73 Å². The van der Waals surface area contributed by atoms with Gasteiger partial charge in [0.15, 0.2) is 9.84 Å². The maximum atomic E-state index is 10.8. The van der Waals surface area contributed by atoms with E-state index in [0.717, 1.165) is 0 Å². The lowest BCUT2D eigenvalue weighted by molar-refractivity contribution is 0.598. The van der Waals surface area contributed by atoms with E-state index < -0.39 is 14.5 Å². The largest absolute Gasteiger partial charge is 0.325 e. The number of halogens is 1. The molecule has 3 nitrogen and oxygen atoms in total. The molecule has 0 saturated carbocycles. The summed E-state index contributed by atoms with van der Waals surface area (Å²) in [6, 6.07) is -0.364. The Hall–Kier alpha value is 0.200. The van der Waals surface area contributed by atoms with Gasteiger partial charge in [0.1, 0.15) is 4.71 Å². The molecule has 1 fully saturated rings. The highest BCUT2D eigenvalue weighted by Crippen LogP contribution is 2.21. The average molecular weight is 170 g/mol. The standard InChI is InChI=1S/C4H8ClNO2S/c5-4-3(6)1-2-9(4,7)8/h3-4H,1-2,6H2. The van der Waals surface area contributed by atoms with Crippen LogP contribution in [-0.2, 0) is 9.84 Å². The lowest BCUT2D eigenvalue weighted by Crippen LogP contribution is -2.28. The third-order valence-electron chi connectivity index (χ3n) is 1.42. The van der Waals surface area contributed by atoms with Crippen molar-refractivity contribution in [2.75, 3.05) is 5.75 Å². The number of rotatable bonds is 0. The summed E-state index contributed by atoms with van der Waals surface area (Å²) in [6.07, 6.45) is 0.497. The van der Waals surface area contributed by atoms with Crippen LogP contribution in [-0.4, -0.2) is 24.9 Å². The third-order valence-corrected chi connectivity index (χ3v) is 4.39. The van der Waals surface area contributed by atoms with Gasteiger partial charge in [-0.3, -0.25) is 0 Å². The minimum atomic E-state index is -3.03. The lowest BCUT2D eigenvalue weighted by atomic mass is 10.3. The molecule has 1 heterocycles. The number of alkyl halides is 1. The van der Waals surface area contributed by atoms with Gasteiger partial charge in [0.25, 0.3) is 0 Å². The monoisotopic (exact) mass is 169 g/mol. The molecule has 0 amide bonds. The highest BCUT2D eigenvalue weighted by atomic mass is 35.5. The zero-order valence-corrected chi connectivity index (χ0v) is 6.32. The van der Waals surface area contributed by atoms with Gasteiger partial charge in [-0.05, 0) is 6.42 Å². The molecule has 1 rings (SSSR count). The maximum absolute atomic E-state index is 10.8. The van der Waals surface area contributed by atoms with E-state index in [4.69, 9.17) is 17.3 Å². The van der Waals surface area contributed by atoms with Gasteiger partial charge in [-0.1, -0.05) is 0 Å². The zero-order valence-electron chi connectivity index (χ0n) is 4.75. The van der Waals surface area contributed by atoms with E-state index >= 15 is 0 Å². The minimum Gasteiger partial charge on any atom is -0.325 e. The Labute approximate surface area is 59.1 Å². The predicted molar refractivity (Wildman–Crippen MR) is 36.0 cm³/mol. The van der Waals surface area contributed by atoms with Gasteiger partial charge in [0.2, 0.25) is 0 Å². The van der Waals surface area contributed by atoms with Gasteiger partial charge in [0, 0.05) is 6.04 Å². The summed E-state index contributed by atoms with van der Waals surface area (Å²) in [5.74, 6) is 0.141. The molecule has 0 aromatic carbocycles. The topological polar surface area (TPSA) is 60.2 Å². The minimum absolute atomic E-state index is 0.141. The van der Waals surface area contributed by atoms with Crippen molar-refractivity contribution in [2.24, 2.45) is 5.73 Å². The van der Waals surface area contributed by atoms with E-state index in [2.05, 4.69) is 0 Å². The summed E-state index contributed by atoms with van der Waals surface area (Å²) in [6.45, 7) is 0. The zero-order chi connectivity index (χ0) is 7.07. The van der Waals surface area contributed by atoms with E-state index in [-0.39, 0.29) is 11.8 Å². The van der Waals surface area contributed by atoms with Crippen LogP contribution in [0.2, 0.25) is 0 Å². The average Bonchev–Trinajstić information content (AvgIpc) is 1.97. The first-order valence-electron chi connectivity index (χ1n) is 2.65. The van der Waals surface area contributed by atoms with E-state index in [1.54, 1.807) is 0 Å². The fourth-order valence-corrected chi connectivity index (χ4v) is 2.70. The molecule has 2 N–H and O–H groups in total. The van der Waals surface area contributed by atoms with Crippen molar-refractivity contribution in [1.82, 2.24) is 0 Å². The molecule has 2 unspecified atom stereocenters. The van der Waals surface area contributed by atoms with Crippen molar-refractivity contribution in [1.29, 1.82) is 0 Å². The summed E-state index contributed by atoms with van der Waals surface area (Å²) in [4.78, 5) is 0. The van der Waals surface area contributed by atoms with E-state index in [1.165, 1.54) is 0 Å². The second-order valence-corrected chi connectivity index (χ2v) is 5.14. The molecule has 0 aliphatic carbocycles. The van der Waals surface area contributed by atoms with Crippen molar-refractivity contribution in [3.05, 3.63) is 0 Å². The van der Waals surface area contributed by atoms with Crippen LogP contribution in [0.15, 0.2) is 0 Å². The van der Waals surface area contributed by atoms with Crippen LogP contribution in [0.1, 0.15) is 6.42 Å². The van der Waals surface area contributed by atoms with Gasteiger partial charge in [-0.15, -0.1) is 11.6 Å². The van der Waals surface area contributed by atoms with Crippen LogP contribution in [0.4, 0.5) is 0 Å². The summed E-state index contributed by atoms with van der Waals surface area (Å²) in [7, 11) is -3.03. The van der Waals surface area contributed by atoms with Crippen LogP contribution in [0.5, 0.6) is 0 Å². The molecule has 1 saturated heterocycles. The molecule has 0 bridgehead atoms. The number of hydrogen-bond acceptors (Lipinski definition) is 3. The first kappa shape index (κ1) is 7.31. The van der Waals surface area contributed by atoms with Gasteiger partial charge in [-0.2, -0.15) is 0 Å². The van der Waals surface area contributed by atoms with E-state index in [1.807, 2.05) is 0 Å². The molecular formula is C4H8ClNO2S. The van der Waals surface area contributed by atoms with Crippen LogP contribution < -0.4 is 5.73 Å². The van der Waals surface area contributed by atoms with Crippen molar-refractivity contribution in [2.45, 2.75) is 17.2 Å². The molecule has 9 heavy (non-hydrogen) atoms. The summed E-state index contributed by atoms with van der Waals surface area (Å²) in [5.41, 5.74) is 5.34. The summed E-state index contributed by atoms with van der Waals surface area (Å²) >= 11 is 5.44. The number of nitrogens with two attached hydrogens (primary N) is 1. The Bertz CT molecular complexity index is 201. The molecule has 0 aromatic rings. The van der Waals surface area contributed by atoms with Gasteiger partial charge >= 0.3 is 0 Å². The summed E-state index contributed by atoms with van der Waals surface area (Å²) < 4.78 is 20.7. The molecule has 0 radical (unpaired) electrons. The molecule has 1 aliphatic rings. The first-order chi connectivity index (χ1) is 4.04. The highest BCUT2D eigenvalue weighted by Gasteiger charge is 2.36. The molecule has 0 spiro atoms. The maximum Gasteiger partial charge on any atom is 0.168 e. The molecule has 0 aromatic heterocycles. The molecule has 2 atom stereocenters. The van der Waals surface area contributed by atoms with Crippen molar-refractivity contribution >= 4 is 21.4 Å². The SMILES string of the molecule is NC1CCS(=O)(=O)C1Cl. The quantitative estimate of drug-likeness (QED) is 0.507.